The van der Waals surface area contributed by atoms with Gasteiger partial charge in [-0.3, -0.25) is 0 Å². The van der Waals surface area contributed by atoms with Gasteiger partial charge in [0.2, 0.25) is 20.0 Å². The van der Waals surface area contributed by atoms with Crippen molar-refractivity contribution in [1.29, 1.82) is 0 Å². The Kier molecular flexibility index (Phi) is 5.13. The first-order valence-corrected chi connectivity index (χ1v) is 10.2. The van der Waals surface area contributed by atoms with Crippen LogP contribution in [0.3, 0.4) is 0 Å². The molecule has 124 valence electrons. The minimum atomic E-state index is -4.11. The Morgan fingerprint density at radius 2 is 2.00 bits per heavy atom. The van der Waals surface area contributed by atoms with Gasteiger partial charge in [-0.15, -0.1) is 0 Å². The van der Waals surface area contributed by atoms with Crippen LogP contribution in [0, 0.1) is 5.82 Å². The molecule has 0 aromatic heterocycles. The number of hydrogen-bond acceptors (Lipinski definition) is 4. The van der Waals surface area contributed by atoms with Gasteiger partial charge < -0.3 is 0 Å². The fourth-order valence-electron chi connectivity index (χ4n) is 2.31. The first-order chi connectivity index (χ1) is 10.1. The van der Waals surface area contributed by atoms with Gasteiger partial charge in [-0.1, -0.05) is 17.7 Å². The highest BCUT2D eigenvalue weighted by Gasteiger charge is 2.30. The summed E-state index contributed by atoms with van der Waals surface area (Å²) in [7, 11) is -7.50. The molecule has 1 aromatic carbocycles. The van der Waals surface area contributed by atoms with E-state index in [0.29, 0.717) is 19.4 Å². The van der Waals surface area contributed by atoms with Gasteiger partial charge in [0.15, 0.2) is 5.82 Å². The van der Waals surface area contributed by atoms with E-state index in [4.69, 9.17) is 11.6 Å². The largest absolute Gasteiger partial charge is 0.243 e. The molecular weight excluding hydrogens is 355 g/mol. The van der Waals surface area contributed by atoms with E-state index in [1.807, 2.05) is 0 Å². The van der Waals surface area contributed by atoms with Crippen LogP contribution in [0.1, 0.15) is 12.8 Å². The molecule has 1 saturated heterocycles. The molecule has 0 amide bonds. The second-order valence-electron chi connectivity index (χ2n) is 5.13. The van der Waals surface area contributed by atoms with E-state index in [0.717, 1.165) is 12.3 Å². The summed E-state index contributed by atoms with van der Waals surface area (Å²) >= 11 is 5.59. The smallest absolute Gasteiger partial charge is 0.213 e. The Morgan fingerprint density at radius 3 is 2.64 bits per heavy atom. The van der Waals surface area contributed by atoms with Gasteiger partial charge in [0.1, 0.15) is 4.90 Å². The Labute approximate surface area is 134 Å². The summed E-state index contributed by atoms with van der Waals surface area (Å²) in [6, 6.07) is 3.10. The number of nitrogens with one attached hydrogen (secondary N) is 1. The number of rotatable bonds is 4. The van der Waals surface area contributed by atoms with E-state index < -0.39 is 36.8 Å². The van der Waals surface area contributed by atoms with E-state index in [1.165, 1.54) is 16.4 Å². The lowest BCUT2D eigenvalue weighted by atomic mass is 10.1. The number of hydrogen-bond donors (Lipinski definition) is 1. The van der Waals surface area contributed by atoms with Crippen LogP contribution in [0.4, 0.5) is 4.39 Å². The van der Waals surface area contributed by atoms with Crippen LogP contribution in [0.25, 0.3) is 0 Å². The van der Waals surface area contributed by atoms with Gasteiger partial charge in [0.05, 0.1) is 11.3 Å². The lowest BCUT2D eigenvalue weighted by molar-refractivity contribution is 0.305. The van der Waals surface area contributed by atoms with Crippen LogP contribution in [-0.2, 0) is 20.0 Å². The molecule has 1 atom stereocenters. The molecule has 1 aliphatic heterocycles. The molecule has 0 spiro atoms. The second-order valence-corrected chi connectivity index (χ2v) is 9.21. The molecule has 1 heterocycles. The monoisotopic (exact) mass is 370 g/mol. The van der Waals surface area contributed by atoms with Crippen molar-refractivity contribution >= 4 is 31.6 Å². The fraction of sp³-hybridized carbons (Fsp3) is 0.500. The Bertz CT molecular complexity index is 767. The molecule has 6 nitrogen and oxygen atoms in total. The second kappa shape index (κ2) is 6.40. The molecule has 22 heavy (non-hydrogen) atoms. The maximum absolute atomic E-state index is 13.9. The molecule has 2 rings (SSSR count). The van der Waals surface area contributed by atoms with Crippen LogP contribution in [-0.4, -0.2) is 46.5 Å². The van der Waals surface area contributed by atoms with Crippen molar-refractivity contribution < 1.29 is 21.2 Å². The maximum atomic E-state index is 13.9. The predicted molar refractivity (Wildman–Crippen MR) is 81.2 cm³/mol. The summed E-state index contributed by atoms with van der Waals surface area (Å²) in [5, 5.41) is -0.288. The maximum Gasteiger partial charge on any atom is 0.243 e. The van der Waals surface area contributed by atoms with E-state index in [-0.39, 0.29) is 11.6 Å². The average Bonchev–Trinajstić information content (AvgIpc) is 2.40. The quantitative estimate of drug-likeness (QED) is 0.862. The minimum Gasteiger partial charge on any atom is -0.213 e. The van der Waals surface area contributed by atoms with Gasteiger partial charge in [-0.05, 0) is 25.0 Å². The molecule has 1 fully saturated rings. The molecule has 1 unspecified atom stereocenters. The van der Waals surface area contributed by atoms with Crippen molar-refractivity contribution in [1.82, 2.24) is 9.03 Å². The molecule has 0 aliphatic carbocycles. The molecule has 1 aliphatic rings. The summed E-state index contributed by atoms with van der Waals surface area (Å²) in [5.41, 5.74) is 0. The lowest BCUT2D eigenvalue weighted by Crippen LogP contribution is -2.49. The van der Waals surface area contributed by atoms with Gasteiger partial charge >= 0.3 is 0 Å². The third-order valence-electron chi connectivity index (χ3n) is 3.38. The first-order valence-electron chi connectivity index (χ1n) is 6.53. The van der Waals surface area contributed by atoms with E-state index >= 15 is 0 Å². The molecule has 0 bridgehead atoms. The van der Waals surface area contributed by atoms with Crippen molar-refractivity contribution in [2.45, 2.75) is 23.8 Å². The molecule has 1 N–H and O–H groups in total. The lowest BCUT2D eigenvalue weighted by Gasteiger charge is -2.31. The summed E-state index contributed by atoms with van der Waals surface area (Å²) < 4.78 is 65.0. The average molecular weight is 371 g/mol. The highest BCUT2D eigenvalue weighted by Crippen LogP contribution is 2.23. The standard InChI is InChI=1S/C12H16ClFN2O4S2/c1-21(17,18)16-7-3-4-9(8-16)15-22(19,20)11-6-2-5-10(13)12(11)14/h2,5-6,9,15H,3-4,7-8H2,1H3. The van der Waals surface area contributed by atoms with Gasteiger partial charge in [0.25, 0.3) is 0 Å². The fourth-order valence-corrected chi connectivity index (χ4v) is 4.82. The molecule has 1 aromatic rings. The molecular formula is C12H16ClFN2O4S2. The summed E-state index contributed by atoms with van der Waals surface area (Å²) in [6.45, 7) is 0.378. The normalized spacial score (nSPS) is 21.0. The molecule has 10 heteroatoms. The number of halogens is 2. The highest BCUT2D eigenvalue weighted by molar-refractivity contribution is 7.89. The van der Waals surface area contributed by atoms with Gasteiger partial charge in [-0.2, -0.15) is 0 Å². The van der Waals surface area contributed by atoms with E-state index in [9.17, 15) is 21.2 Å². The van der Waals surface area contributed by atoms with E-state index in [2.05, 4.69) is 4.72 Å². The van der Waals surface area contributed by atoms with Crippen molar-refractivity contribution in [2.75, 3.05) is 19.3 Å². The summed E-state index contributed by atoms with van der Waals surface area (Å²) in [4.78, 5) is -0.545. The zero-order chi connectivity index (χ0) is 16.5. The number of sulfonamides is 2. The first kappa shape index (κ1) is 17.6. The van der Waals surface area contributed by atoms with Crippen molar-refractivity contribution in [3.8, 4) is 0 Å². The zero-order valence-electron chi connectivity index (χ0n) is 11.8. The third kappa shape index (κ3) is 3.96. The Hall–Kier alpha value is -0.740. The summed E-state index contributed by atoms with van der Waals surface area (Å²) in [6.07, 6.45) is 2.08. The Balaban J connectivity index is 2.20. The Morgan fingerprint density at radius 1 is 1.32 bits per heavy atom. The van der Waals surface area contributed by atoms with Crippen LogP contribution in [0.2, 0.25) is 5.02 Å². The predicted octanol–water partition coefficient (Wildman–Crippen LogP) is 1.18. The number of benzene rings is 1. The van der Waals surface area contributed by atoms with Crippen LogP contribution in [0.15, 0.2) is 23.1 Å². The van der Waals surface area contributed by atoms with Crippen molar-refractivity contribution in [2.24, 2.45) is 0 Å². The topological polar surface area (TPSA) is 83.6 Å². The number of nitrogens with zero attached hydrogens (tertiary/aromatic N) is 1. The summed E-state index contributed by atoms with van der Waals surface area (Å²) in [5.74, 6) is -1.02. The molecule has 0 saturated carbocycles. The third-order valence-corrected chi connectivity index (χ3v) is 6.48. The number of piperidine rings is 1. The SMILES string of the molecule is CS(=O)(=O)N1CCCC(NS(=O)(=O)c2cccc(Cl)c2F)C1. The van der Waals surface area contributed by atoms with Crippen LogP contribution >= 0.6 is 11.6 Å². The highest BCUT2D eigenvalue weighted by atomic mass is 35.5. The molecule has 0 radical (unpaired) electrons. The minimum absolute atomic E-state index is 0.0280. The van der Waals surface area contributed by atoms with Crippen LogP contribution < -0.4 is 4.72 Å². The van der Waals surface area contributed by atoms with Crippen LogP contribution in [0.5, 0.6) is 0 Å². The zero-order valence-corrected chi connectivity index (χ0v) is 14.2. The van der Waals surface area contributed by atoms with Crippen molar-refractivity contribution in [3.05, 3.63) is 29.0 Å². The van der Waals surface area contributed by atoms with Gasteiger partial charge in [-0.25, -0.2) is 30.3 Å². The van der Waals surface area contributed by atoms with E-state index in [1.54, 1.807) is 0 Å². The van der Waals surface area contributed by atoms with Crippen molar-refractivity contribution in [3.63, 3.8) is 0 Å². The van der Waals surface area contributed by atoms with Gasteiger partial charge in [0, 0.05) is 19.1 Å².